The predicted molar refractivity (Wildman–Crippen MR) is 105 cm³/mol. The highest BCUT2D eigenvalue weighted by Crippen LogP contribution is 2.36. The molecule has 27 heavy (non-hydrogen) atoms. The molecular weight excluding hydrogens is 386 g/mol. The fraction of sp³-hybridized carbons (Fsp3) is 0.421. The van der Waals surface area contributed by atoms with Crippen molar-refractivity contribution in [3.8, 4) is 0 Å². The van der Waals surface area contributed by atoms with Gasteiger partial charge in [0.25, 0.3) is 10.1 Å². The molecule has 2 aliphatic rings. The van der Waals surface area contributed by atoms with Crippen molar-refractivity contribution in [2.45, 2.75) is 23.8 Å². The molecule has 4 rings (SSSR count). The lowest BCUT2D eigenvalue weighted by atomic mass is 9.82. The van der Waals surface area contributed by atoms with Gasteiger partial charge in [0.1, 0.15) is 10.8 Å². The van der Waals surface area contributed by atoms with E-state index in [-0.39, 0.29) is 4.90 Å². The van der Waals surface area contributed by atoms with E-state index in [1.807, 2.05) is 13.0 Å². The summed E-state index contributed by atoms with van der Waals surface area (Å²) >= 11 is 5.90. The van der Waals surface area contributed by atoms with Crippen LogP contribution in [0.25, 0.3) is 0 Å². The molecule has 1 aromatic heterocycles. The van der Waals surface area contributed by atoms with Crippen LogP contribution in [0.15, 0.2) is 47.5 Å². The summed E-state index contributed by atoms with van der Waals surface area (Å²) in [4.78, 5) is 6.48. The zero-order valence-corrected chi connectivity index (χ0v) is 16.6. The summed E-state index contributed by atoms with van der Waals surface area (Å²) in [5.74, 6) is 0.302. The van der Waals surface area contributed by atoms with E-state index in [2.05, 4.69) is 15.2 Å². The molecule has 2 fully saturated rings. The van der Waals surface area contributed by atoms with Crippen molar-refractivity contribution in [1.29, 1.82) is 0 Å². The average Bonchev–Trinajstić information content (AvgIpc) is 2.61. The van der Waals surface area contributed by atoms with E-state index in [1.54, 1.807) is 36.5 Å². The van der Waals surface area contributed by atoms with Gasteiger partial charge in [-0.1, -0.05) is 29.3 Å². The highest BCUT2D eigenvalue weighted by atomic mass is 35.5. The second-order valence-corrected chi connectivity index (χ2v) is 9.39. The lowest BCUT2D eigenvalue weighted by molar-refractivity contribution is 0.0175. The molecule has 2 atom stereocenters. The number of piperidine rings is 2. The van der Waals surface area contributed by atoms with Gasteiger partial charge >= 0.3 is 0 Å². The molecule has 2 aromatic rings. The van der Waals surface area contributed by atoms with Gasteiger partial charge in [0.2, 0.25) is 0 Å². The van der Waals surface area contributed by atoms with Crippen molar-refractivity contribution in [2.75, 3.05) is 31.1 Å². The molecule has 0 radical (unpaired) electrons. The molecule has 2 aliphatic heterocycles. The van der Waals surface area contributed by atoms with Crippen LogP contribution >= 0.6 is 11.6 Å². The molecule has 0 aliphatic carbocycles. The largest absolute Gasteiger partial charge is 0.367 e. The molecule has 1 N–H and O–H groups in total. The van der Waals surface area contributed by atoms with Crippen LogP contribution in [0, 0.1) is 12.8 Å². The summed E-state index contributed by atoms with van der Waals surface area (Å²) in [6.45, 7) is 4.56. The number of rotatable bonds is 4. The Labute approximate surface area is 164 Å². The highest BCUT2D eigenvalue weighted by molar-refractivity contribution is 7.86. The minimum atomic E-state index is -3.85. The number of aryl methyl sites for hydroxylation is 1. The number of fused-ring (bicyclic) bond motifs is 2. The van der Waals surface area contributed by atoms with E-state index >= 15 is 0 Å². The molecule has 144 valence electrons. The van der Waals surface area contributed by atoms with Crippen LogP contribution in [0.2, 0.25) is 5.15 Å². The minimum Gasteiger partial charge on any atom is -0.367 e. The van der Waals surface area contributed by atoms with Crippen LogP contribution in [0.4, 0.5) is 5.69 Å². The molecule has 6 nitrogen and oxygen atoms in total. The number of hydrogen-bond donors (Lipinski definition) is 1. The molecule has 0 spiro atoms. The number of benzene rings is 1. The molecule has 2 unspecified atom stereocenters. The summed E-state index contributed by atoms with van der Waals surface area (Å²) in [7, 11) is -3.85. The Bertz CT molecular complexity index is 918. The lowest BCUT2D eigenvalue weighted by Crippen LogP contribution is -2.63. The van der Waals surface area contributed by atoms with Crippen molar-refractivity contribution in [2.24, 2.45) is 5.92 Å². The second-order valence-electron chi connectivity index (χ2n) is 7.45. The standard InChI is InChI=1S/C19H22ClN3O3S/c1-14-2-5-17(6-3-14)27(24,25)26-19-8-15(9-21-12-19)11-23(13-19)16-4-7-18(20)22-10-16/h2-7,10,15,21H,8-9,11-13H2,1H3. The number of halogens is 1. The van der Waals surface area contributed by atoms with Crippen molar-refractivity contribution in [3.63, 3.8) is 0 Å². The van der Waals surface area contributed by atoms with Crippen molar-refractivity contribution < 1.29 is 12.6 Å². The number of aromatic nitrogens is 1. The molecular formula is C19H22ClN3O3S. The Morgan fingerprint density at radius 3 is 2.74 bits per heavy atom. The first-order valence-electron chi connectivity index (χ1n) is 8.95. The number of pyridine rings is 1. The number of nitrogens with zero attached hydrogens (tertiary/aromatic N) is 2. The highest BCUT2D eigenvalue weighted by Gasteiger charge is 2.47. The SMILES string of the molecule is Cc1ccc(S(=O)(=O)OC23CNCC(CN(c4ccc(Cl)nc4)C2)C3)cc1. The minimum absolute atomic E-state index is 0.190. The van der Waals surface area contributed by atoms with E-state index in [1.165, 1.54) is 0 Å². The third-order valence-corrected chi connectivity index (χ3v) is 6.82. The van der Waals surface area contributed by atoms with Gasteiger partial charge in [0.15, 0.2) is 0 Å². The zero-order chi connectivity index (χ0) is 19.1. The third-order valence-electron chi connectivity index (χ3n) is 5.17. The Balaban J connectivity index is 1.61. The van der Waals surface area contributed by atoms with Crippen LogP contribution in [-0.2, 0) is 14.3 Å². The molecule has 8 heteroatoms. The van der Waals surface area contributed by atoms with Crippen molar-refractivity contribution >= 4 is 27.4 Å². The smallest absolute Gasteiger partial charge is 0.297 e. The van der Waals surface area contributed by atoms with Gasteiger partial charge < -0.3 is 10.2 Å². The predicted octanol–water partition coefficient (Wildman–Crippen LogP) is 2.62. The normalized spacial score (nSPS) is 25.4. The monoisotopic (exact) mass is 407 g/mol. The zero-order valence-electron chi connectivity index (χ0n) is 15.1. The molecule has 1 aromatic carbocycles. The maximum atomic E-state index is 12.9. The van der Waals surface area contributed by atoms with E-state index in [4.69, 9.17) is 15.8 Å². The molecule has 2 bridgehead atoms. The summed E-state index contributed by atoms with van der Waals surface area (Å²) in [6, 6.07) is 10.4. The first kappa shape index (κ1) is 18.7. The van der Waals surface area contributed by atoms with Crippen LogP contribution < -0.4 is 10.2 Å². The van der Waals surface area contributed by atoms with Gasteiger partial charge in [-0.15, -0.1) is 0 Å². The third kappa shape index (κ3) is 3.96. The van der Waals surface area contributed by atoms with Crippen molar-refractivity contribution in [1.82, 2.24) is 10.3 Å². The van der Waals surface area contributed by atoms with E-state index in [9.17, 15) is 8.42 Å². The first-order valence-corrected chi connectivity index (χ1v) is 10.7. The Morgan fingerprint density at radius 2 is 2.04 bits per heavy atom. The van der Waals surface area contributed by atoms with Crippen LogP contribution in [0.5, 0.6) is 0 Å². The maximum Gasteiger partial charge on any atom is 0.297 e. The van der Waals surface area contributed by atoms with Gasteiger partial charge in [-0.05, 0) is 50.1 Å². The van der Waals surface area contributed by atoms with Gasteiger partial charge in [-0.3, -0.25) is 4.18 Å². The number of anilines is 1. The summed E-state index contributed by atoms with van der Waals surface area (Å²) in [6.07, 6.45) is 2.43. The van der Waals surface area contributed by atoms with Gasteiger partial charge in [0, 0.05) is 19.6 Å². The quantitative estimate of drug-likeness (QED) is 0.620. The molecule has 0 amide bonds. The summed E-state index contributed by atoms with van der Waals surface area (Å²) in [5, 5.41) is 3.77. The van der Waals surface area contributed by atoms with Crippen LogP contribution in [-0.4, -0.2) is 45.2 Å². The van der Waals surface area contributed by atoms with Crippen LogP contribution in [0.1, 0.15) is 12.0 Å². The Kier molecular flexibility index (Phi) is 4.88. The van der Waals surface area contributed by atoms with Gasteiger partial charge in [0.05, 0.1) is 16.8 Å². The van der Waals surface area contributed by atoms with E-state index < -0.39 is 15.7 Å². The molecule has 0 saturated carbocycles. The second kappa shape index (κ2) is 7.05. The van der Waals surface area contributed by atoms with Crippen molar-refractivity contribution in [3.05, 3.63) is 53.3 Å². The van der Waals surface area contributed by atoms with Gasteiger partial charge in [-0.2, -0.15) is 8.42 Å². The van der Waals surface area contributed by atoms with E-state index in [0.717, 1.165) is 24.3 Å². The topological polar surface area (TPSA) is 71.5 Å². The summed E-state index contributed by atoms with van der Waals surface area (Å²) in [5.41, 5.74) is 1.13. The Morgan fingerprint density at radius 1 is 1.26 bits per heavy atom. The molecule has 2 saturated heterocycles. The number of nitrogens with one attached hydrogen (secondary N) is 1. The lowest BCUT2D eigenvalue weighted by Gasteiger charge is -2.49. The van der Waals surface area contributed by atoms with E-state index in [0.29, 0.717) is 30.6 Å². The fourth-order valence-corrected chi connectivity index (χ4v) is 5.30. The number of hydrogen-bond acceptors (Lipinski definition) is 6. The fourth-order valence-electron chi connectivity index (χ4n) is 3.98. The first-order chi connectivity index (χ1) is 12.9. The Hall–Kier alpha value is -1.67. The molecule has 3 heterocycles. The summed E-state index contributed by atoms with van der Waals surface area (Å²) < 4.78 is 31.7. The van der Waals surface area contributed by atoms with Crippen LogP contribution in [0.3, 0.4) is 0 Å². The van der Waals surface area contributed by atoms with Gasteiger partial charge in [-0.25, -0.2) is 4.98 Å². The average molecular weight is 408 g/mol. The maximum absolute atomic E-state index is 12.9.